The number of amides is 1. The first-order chi connectivity index (χ1) is 13.8. The molecular weight excluding hydrogens is 370 g/mol. The lowest BCUT2D eigenvalue weighted by atomic mass is 10.0. The van der Waals surface area contributed by atoms with Gasteiger partial charge in [-0.2, -0.15) is 0 Å². The summed E-state index contributed by atoms with van der Waals surface area (Å²) in [5.74, 6) is 1.32. The molecule has 1 fully saturated rings. The van der Waals surface area contributed by atoms with Crippen molar-refractivity contribution in [2.75, 3.05) is 5.75 Å². The third-order valence-electron chi connectivity index (χ3n) is 5.05. The zero-order valence-electron chi connectivity index (χ0n) is 16.0. The summed E-state index contributed by atoms with van der Waals surface area (Å²) in [5, 5.41) is 9.43. The van der Waals surface area contributed by atoms with E-state index in [4.69, 9.17) is 0 Å². The Morgan fingerprint density at radius 2 is 2.11 bits per heavy atom. The molecule has 2 aromatic rings. The highest BCUT2D eigenvalue weighted by atomic mass is 32.2. The van der Waals surface area contributed by atoms with Crippen LogP contribution in [0.3, 0.4) is 0 Å². The molecule has 2 aliphatic rings. The highest BCUT2D eigenvalue weighted by Crippen LogP contribution is 2.34. The zero-order chi connectivity index (χ0) is 19.3. The highest BCUT2D eigenvalue weighted by molar-refractivity contribution is 7.99. The van der Waals surface area contributed by atoms with Crippen molar-refractivity contribution >= 4 is 17.7 Å². The SMILES string of the molecule is C=CCn1c(SCC(=O)N(C2=CCCCC2)C2CC2)nnc1-c1ccncc1. The van der Waals surface area contributed by atoms with Gasteiger partial charge in [0.2, 0.25) is 5.91 Å². The Kier molecular flexibility index (Phi) is 5.90. The number of nitrogens with zero attached hydrogens (tertiary/aromatic N) is 5. The van der Waals surface area contributed by atoms with Gasteiger partial charge in [-0.1, -0.05) is 23.9 Å². The van der Waals surface area contributed by atoms with Crippen molar-refractivity contribution in [1.29, 1.82) is 0 Å². The number of thioether (sulfide) groups is 1. The number of hydrogen-bond acceptors (Lipinski definition) is 5. The Morgan fingerprint density at radius 1 is 1.29 bits per heavy atom. The summed E-state index contributed by atoms with van der Waals surface area (Å²) in [5.41, 5.74) is 2.18. The van der Waals surface area contributed by atoms with Crippen LogP contribution in [0.5, 0.6) is 0 Å². The molecule has 0 atom stereocenters. The van der Waals surface area contributed by atoms with Crippen molar-refractivity contribution < 1.29 is 4.79 Å². The first kappa shape index (κ1) is 18.9. The average molecular weight is 396 g/mol. The number of hydrogen-bond donors (Lipinski definition) is 0. The maximum Gasteiger partial charge on any atom is 0.237 e. The Bertz CT molecular complexity index is 872. The van der Waals surface area contributed by atoms with Crippen LogP contribution in [0.4, 0.5) is 0 Å². The van der Waals surface area contributed by atoms with Crippen molar-refractivity contribution in [2.24, 2.45) is 0 Å². The van der Waals surface area contributed by atoms with Gasteiger partial charge in [0.1, 0.15) is 0 Å². The number of aromatic nitrogens is 4. The molecule has 2 heterocycles. The molecule has 0 aliphatic heterocycles. The van der Waals surface area contributed by atoms with E-state index in [1.54, 1.807) is 12.4 Å². The van der Waals surface area contributed by atoms with Crippen LogP contribution < -0.4 is 0 Å². The van der Waals surface area contributed by atoms with Crippen LogP contribution in [0.25, 0.3) is 11.4 Å². The smallest absolute Gasteiger partial charge is 0.237 e. The molecule has 146 valence electrons. The number of carbonyl (C=O) groups is 1. The van der Waals surface area contributed by atoms with Crippen LogP contribution in [-0.2, 0) is 11.3 Å². The molecule has 0 bridgehead atoms. The third kappa shape index (κ3) is 4.19. The normalized spacial score (nSPS) is 16.5. The first-order valence-corrected chi connectivity index (χ1v) is 10.8. The summed E-state index contributed by atoms with van der Waals surface area (Å²) in [7, 11) is 0. The second-order valence-corrected chi connectivity index (χ2v) is 8.11. The van der Waals surface area contributed by atoms with Gasteiger partial charge in [0.15, 0.2) is 11.0 Å². The van der Waals surface area contributed by atoms with Gasteiger partial charge in [0, 0.05) is 36.2 Å². The number of pyridine rings is 1. The Hall–Kier alpha value is -2.41. The maximum atomic E-state index is 13.0. The molecule has 0 saturated heterocycles. The zero-order valence-corrected chi connectivity index (χ0v) is 16.8. The predicted octanol–water partition coefficient (Wildman–Crippen LogP) is 4.07. The van der Waals surface area contributed by atoms with E-state index in [-0.39, 0.29) is 5.91 Å². The lowest BCUT2D eigenvalue weighted by Gasteiger charge is -2.27. The van der Waals surface area contributed by atoms with Crippen LogP contribution in [0.1, 0.15) is 38.5 Å². The van der Waals surface area contributed by atoms with Gasteiger partial charge in [-0.15, -0.1) is 16.8 Å². The minimum atomic E-state index is 0.180. The lowest BCUT2D eigenvalue weighted by Crippen LogP contribution is -2.34. The second-order valence-electron chi connectivity index (χ2n) is 7.17. The quantitative estimate of drug-likeness (QED) is 0.498. The molecule has 28 heavy (non-hydrogen) atoms. The topological polar surface area (TPSA) is 63.9 Å². The first-order valence-electron chi connectivity index (χ1n) is 9.86. The monoisotopic (exact) mass is 395 g/mol. The molecule has 0 radical (unpaired) electrons. The summed E-state index contributed by atoms with van der Waals surface area (Å²) < 4.78 is 2.00. The number of carbonyl (C=O) groups excluding carboxylic acids is 1. The summed E-state index contributed by atoms with van der Waals surface area (Å²) >= 11 is 1.46. The molecular formula is C21H25N5OS. The van der Waals surface area contributed by atoms with Gasteiger partial charge in [0.05, 0.1) is 5.75 Å². The van der Waals surface area contributed by atoms with Crippen molar-refractivity contribution in [3.8, 4) is 11.4 Å². The molecule has 1 saturated carbocycles. The van der Waals surface area contributed by atoms with Crippen molar-refractivity contribution in [3.05, 3.63) is 49.0 Å². The van der Waals surface area contributed by atoms with E-state index in [0.29, 0.717) is 18.3 Å². The molecule has 0 spiro atoms. The minimum Gasteiger partial charge on any atom is -0.313 e. The summed E-state index contributed by atoms with van der Waals surface area (Å²) in [6, 6.07) is 4.22. The van der Waals surface area contributed by atoms with Crippen LogP contribution >= 0.6 is 11.8 Å². The van der Waals surface area contributed by atoms with Crippen molar-refractivity contribution in [2.45, 2.75) is 56.3 Å². The van der Waals surface area contributed by atoms with E-state index in [9.17, 15) is 4.79 Å². The van der Waals surface area contributed by atoms with Gasteiger partial charge in [-0.25, -0.2) is 0 Å². The minimum absolute atomic E-state index is 0.180. The molecule has 0 aromatic carbocycles. The fourth-order valence-corrected chi connectivity index (χ4v) is 4.38. The number of allylic oxidation sites excluding steroid dienone is 3. The predicted molar refractivity (Wildman–Crippen MR) is 111 cm³/mol. The van der Waals surface area contributed by atoms with Crippen molar-refractivity contribution in [3.63, 3.8) is 0 Å². The largest absolute Gasteiger partial charge is 0.313 e. The molecule has 6 nitrogen and oxygen atoms in total. The van der Waals surface area contributed by atoms with Gasteiger partial charge in [0.25, 0.3) is 0 Å². The Morgan fingerprint density at radius 3 is 2.79 bits per heavy atom. The number of rotatable bonds is 8. The molecule has 0 unspecified atom stereocenters. The van der Waals surface area contributed by atoms with Gasteiger partial charge in [-0.05, 0) is 50.7 Å². The average Bonchev–Trinajstić information content (AvgIpc) is 3.48. The van der Waals surface area contributed by atoms with Gasteiger partial charge < -0.3 is 4.90 Å². The molecule has 4 rings (SSSR count). The lowest BCUT2D eigenvalue weighted by molar-refractivity contribution is -0.127. The van der Waals surface area contributed by atoms with E-state index in [0.717, 1.165) is 42.2 Å². The molecule has 2 aliphatic carbocycles. The van der Waals surface area contributed by atoms with E-state index in [1.165, 1.54) is 30.3 Å². The highest BCUT2D eigenvalue weighted by Gasteiger charge is 2.35. The van der Waals surface area contributed by atoms with E-state index < -0.39 is 0 Å². The summed E-state index contributed by atoms with van der Waals surface area (Å²) in [4.78, 5) is 19.1. The van der Waals surface area contributed by atoms with Crippen LogP contribution in [0.2, 0.25) is 0 Å². The Balaban J connectivity index is 1.49. The third-order valence-corrected chi connectivity index (χ3v) is 6.00. The van der Waals surface area contributed by atoms with Crippen molar-refractivity contribution in [1.82, 2.24) is 24.6 Å². The second kappa shape index (κ2) is 8.73. The standard InChI is InChI=1S/C21H25N5OS/c1-2-14-25-20(16-10-12-22-13-11-16)23-24-21(25)28-15-19(27)26(18-8-9-18)17-6-4-3-5-7-17/h2,6,10-13,18H,1,3-5,7-9,14-15H2. The van der Waals surface area contributed by atoms with Crippen LogP contribution in [0.15, 0.2) is 54.1 Å². The molecule has 0 N–H and O–H groups in total. The Labute approximate surface area is 169 Å². The van der Waals surface area contributed by atoms with Crippen LogP contribution in [0, 0.1) is 0 Å². The molecule has 7 heteroatoms. The van der Waals surface area contributed by atoms with Gasteiger partial charge >= 0.3 is 0 Å². The molecule has 2 aromatic heterocycles. The van der Waals surface area contributed by atoms with E-state index in [1.807, 2.05) is 22.8 Å². The molecule has 1 amide bonds. The fourth-order valence-electron chi connectivity index (χ4n) is 3.57. The maximum absolute atomic E-state index is 13.0. The summed E-state index contributed by atoms with van der Waals surface area (Å²) in [6.45, 7) is 4.44. The fraction of sp³-hybridized carbons (Fsp3) is 0.429. The summed E-state index contributed by atoms with van der Waals surface area (Å²) in [6.07, 6.45) is 14.3. The van der Waals surface area contributed by atoms with Crippen LogP contribution in [-0.4, -0.2) is 42.4 Å². The van der Waals surface area contributed by atoms with Gasteiger partial charge in [-0.3, -0.25) is 14.3 Å². The van der Waals surface area contributed by atoms with E-state index in [2.05, 4.69) is 32.7 Å². The van der Waals surface area contributed by atoms with E-state index >= 15 is 0 Å².